The van der Waals surface area contributed by atoms with Crippen LogP contribution in [0.2, 0.25) is 0 Å². The van der Waals surface area contributed by atoms with Crippen LogP contribution >= 0.6 is 11.3 Å². The quantitative estimate of drug-likeness (QED) is 0.779. The highest BCUT2D eigenvalue weighted by atomic mass is 32.1. The zero-order chi connectivity index (χ0) is 12.3. The Morgan fingerprint density at radius 1 is 1.24 bits per heavy atom. The molecule has 0 aliphatic carbocycles. The largest absolute Gasteiger partial charge is 0.497 e. The summed E-state index contributed by atoms with van der Waals surface area (Å²) in [4.78, 5) is 12.2. The van der Waals surface area contributed by atoms with Crippen molar-refractivity contribution in [3.63, 3.8) is 0 Å². The molecule has 17 heavy (non-hydrogen) atoms. The van der Waals surface area contributed by atoms with E-state index in [2.05, 4.69) is 0 Å². The summed E-state index contributed by atoms with van der Waals surface area (Å²) in [7, 11) is 3.13. The van der Waals surface area contributed by atoms with Crippen molar-refractivity contribution in [2.75, 3.05) is 14.2 Å². The number of methoxy groups -OCH3 is 2. The molecule has 0 fully saturated rings. The molecule has 1 heterocycles. The summed E-state index contributed by atoms with van der Waals surface area (Å²) in [5.41, 5.74) is 1.39. The monoisotopic (exact) mass is 248 g/mol. The zero-order valence-electron chi connectivity index (χ0n) is 9.60. The highest BCUT2D eigenvalue weighted by molar-refractivity contribution is 7.13. The van der Waals surface area contributed by atoms with Crippen LogP contribution in [-0.2, 0) is 0 Å². The predicted octanol–water partition coefficient (Wildman–Crippen LogP) is 3.24. The molecule has 1 aromatic carbocycles. The second kappa shape index (κ2) is 5.01. The number of carbonyl (C=O) groups excluding carboxylic acids is 1. The van der Waals surface area contributed by atoms with Crippen molar-refractivity contribution >= 4 is 17.6 Å². The first-order chi connectivity index (χ1) is 8.30. The Balaban J connectivity index is 2.67. The Kier molecular flexibility index (Phi) is 3.44. The van der Waals surface area contributed by atoms with E-state index in [0.717, 1.165) is 16.7 Å². The molecule has 2 aromatic rings. The Labute approximate surface area is 104 Å². The summed E-state index contributed by atoms with van der Waals surface area (Å²) < 4.78 is 10.4. The fourth-order valence-corrected chi connectivity index (χ4v) is 2.40. The SMILES string of the molecule is COc1cc(OC)c(C=O)c(-c2cccs2)c1. The molecule has 0 spiro atoms. The topological polar surface area (TPSA) is 35.5 Å². The molecule has 0 bridgehead atoms. The molecule has 88 valence electrons. The predicted molar refractivity (Wildman–Crippen MR) is 68.2 cm³/mol. The van der Waals surface area contributed by atoms with Gasteiger partial charge in [-0.2, -0.15) is 0 Å². The summed E-state index contributed by atoms with van der Waals surface area (Å²) in [6.07, 6.45) is 0.813. The average Bonchev–Trinajstić information content (AvgIpc) is 2.90. The fraction of sp³-hybridized carbons (Fsp3) is 0.154. The Bertz CT molecular complexity index is 518. The Morgan fingerprint density at radius 2 is 2.06 bits per heavy atom. The lowest BCUT2D eigenvalue weighted by Crippen LogP contribution is -1.95. The van der Waals surface area contributed by atoms with Gasteiger partial charge in [0.25, 0.3) is 0 Å². The highest BCUT2D eigenvalue weighted by Crippen LogP contribution is 2.36. The van der Waals surface area contributed by atoms with E-state index in [1.54, 1.807) is 31.6 Å². The van der Waals surface area contributed by atoms with Gasteiger partial charge in [-0.1, -0.05) is 6.07 Å². The van der Waals surface area contributed by atoms with Crippen LogP contribution in [0.1, 0.15) is 10.4 Å². The molecule has 0 N–H and O–H groups in total. The van der Waals surface area contributed by atoms with Gasteiger partial charge in [0, 0.05) is 16.5 Å². The van der Waals surface area contributed by atoms with Crippen LogP contribution < -0.4 is 9.47 Å². The van der Waals surface area contributed by atoms with Gasteiger partial charge in [-0.3, -0.25) is 4.79 Å². The van der Waals surface area contributed by atoms with Crippen molar-refractivity contribution in [1.82, 2.24) is 0 Å². The molecular weight excluding hydrogens is 236 g/mol. The lowest BCUT2D eigenvalue weighted by molar-refractivity contribution is 0.112. The number of ether oxygens (including phenoxy) is 2. The maximum atomic E-state index is 11.2. The third-order valence-corrected chi connectivity index (χ3v) is 3.38. The van der Waals surface area contributed by atoms with Gasteiger partial charge in [0.15, 0.2) is 6.29 Å². The van der Waals surface area contributed by atoms with E-state index in [0.29, 0.717) is 17.1 Å². The number of aldehydes is 1. The maximum absolute atomic E-state index is 11.2. The molecule has 4 heteroatoms. The minimum Gasteiger partial charge on any atom is -0.497 e. The van der Waals surface area contributed by atoms with Gasteiger partial charge < -0.3 is 9.47 Å². The molecule has 0 saturated carbocycles. The smallest absolute Gasteiger partial charge is 0.154 e. The van der Waals surface area contributed by atoms with Crippen LogP contribution in [0.15, 0.2) is 29.6 Å². The van der Waals surface area contributed by atoms with Gasteiger partial charge in [-0.15, -0.1) is 11.3 Å². The van der Waals surface area contributed by atoms with Crippen LogP contribution in [0.4, 0.5) is 0 Å². The van der Waals surface area contributed by atoms with Crippen molar-refractivity contribution in [2.45, 2.75) is 0 Å². The summed E-state index contributed by atoms with van der Waals surface area (Å²) in [6, 6.07) is 7.46. The first-order valence-corrected chi connectivity index (χ1v) is 5.93. The second-order valence-corrected chi connectivity index (χ2v) is 4.33. The molecule has 3 nitrogen and oxygen atoms in total. The highest BCUT2D eigenvalue weighted by Gasteiger charge is 2.13. The van der Waals surface area contributed by atoms with Crippen LogP contribution in [0.3, 0.4) is 0 Å². The summed E-state index contributed by atoms with van der Waals surface area (Å²) in [5, 5.41) is 1.97. The van der Waals surface area contributed by atoms with Crippen molar-refractivity contribution in [3.05, 3.63) is 35.2 Å². The molecule has 2 rings (SSSR count). The lowest BCUT2D eigenvalue weighted by Gasteiger charge is -2.11. The van der Waals surface area contributed by atoms with E-state index < -0.39 is 0 Å². The number of benzene rings is 1. The van der Waals surface area contributed by atoms with Crippen molar-refractivity contribution < 1.29 is 14.3 Å². The van der Waals surface area contributed by atoms with E-state index >= 15 is 0 Å². The van der Waals surface area contributed by atoms with E-state index in [1.165, 1.54) is 0 Å². The molecule has 0 aliphatic heterocycles. The fourth-order valence-electron chi connectivity index (χ4n) is 1.65. The number of hydrogen-bond acceptors (Lipinski definition) is 4. The molecule has 0 saturated heterocycles. The van der Waals surface area contributed by atoms with Gasteiger partial charge in [0.2, 0.25) is 0 Å². The number of hydrogen-bond donors (Lipinski definition) is 0. The first-order valence-electron chi connectivity index (χ1n) is 5.05. The van der Waals surface area contributed by atoms with Gasteiger partial charge in [-0.25, -0.2) is 0 Å². The third kappa shape index (κ3) is 2.17. The molecule has 0 unspecified atom stereocenters. The Morgan fingerprint density at radius 3 is 2.59 bits per heavy atom. The van der Waals surface area contributed by atoms with Crippen LogP contribution in [0, 0.1) is 0 Å². The van der Waals surface area contributed by atoms with Crippen molar-refractivity contribution in [2.24, 2.45) is 0 Å². The van der Waals surface area contributed by atoms with Gasteiger partial charge in [-0.05, 0) is 17.5 Å². The molecular formula is C13H12O3S. The minimum atomic E-state index is 0.530. The molecule has 0 amide bonds. The van der Waals surface area contributed by atoms with Crippen LogP contribution in [-0.4, -0.2) is 20.5 Å². The van der Waals surface area contributed by atoms with E-state index in [4.69, 9.17) is 9.47 Å². The summed E-state index contributed by atoms with van der Waals surface area (Å²) in [6.45, 7) is 0. The van der Waals surface area contributed by atoms with Crippen LogP contribution in [0.25, 0.3) is 10.4 Å². The second-order valence-electron chi connectivity index (χ2n) is 3.39. The van der Waals surface area contributed by atoms with Gasteiger partial charge in [0.1, 0.15) is 11.5 Å². The standard InChI is InChI=1S/C13H12O3S/c1-15-9-6-10(13-4-3-5-17-13)11(8-14)12(7-9)16-2/h3-8H,1-2H3. The van der Waals surface area contributed by atoms with E-state index in [-0.39, 0.29) is 0 Å². The summed E-state index contributed by atoms with van der Waals surface area (Å²) in [5.74, 6) is 1.21. The van der Waals surface area contributed by atoms with Crippen LogP contribution in [0.5, 0.6) is 11.5 Å². The number of carbonyl (C=O) groups is 1. The Hall–Kier alpha value is -1.81. The summed E-state index contributed by atoms with van der Waals surface area (Å²) >= 11 is 1.57. The molecule has 1 aromatic heterocycles. The van der Waals surface area contributed by atoms with Gasteiger partial charge >= 0.3 is 0 Å². The van der Waals surface area contributed by atoms with E-state index in [1.807, 2.05) is 23.6 Å². The lowest BCUT2D eigenvalue weighted by atomic mass is 10.1. The average molecular weight is 248 g/mol. The van der Waals surface area contributed by atoms with Crippen molar-refractivity contribution in [3.8, 4) is 21.9 Å². The zero-order valence-corrected chi connectivity index (χ0v) is 10.4. The number of thiophene rings is 1. The van der Waals surface area contributed by atoms with Gasteiger partial charge in [0.05, 0.1) is 19.8 Å². The molecule has 0 aliphatic rings. The maximum Gasteiger partial charge on any atom is 0.154 e. The first kappa shape index (κ1) is 11.7. The number of rotatable bonds is 4. The normalized spacial score (nSPS) is 10.0. The molecule has 0 atom stereocenters. The minimum absolute atomic E-state index is 0.530. The van der Waals surface area contributed by atoms with Crippen molar-refractivity contribution in [1.29, 1.82) is 0 Å². The van der Waals surface area contributed by atoms with E-state index in [9.17, 15) is 4.79 Å². The molecule has 0 radical (unpaired) electrons. The third-order valence-electron chi connectivity index (χ3n) is 2.48.